The van der Waals surface area contributed by atoms with Crippen molar-refractivity contribution in [2.75, 3.05) is 11.9 Å². The Balaban J connectivity index is 1.80. The number of nitrogens with zero attached hydrogens (tertiary/aromatic N) is 2. The molecule has 8 heteroatoms. The first-order chi connectivity index (χ1) is 13.3. The van der Waals surface area contributed by atoms with Gasteiger partial charge in [-0.1, -0.05) is 18.5 Å². The van der Waals surface area contributed by atoms with Gasteiger partial charge in [-0.3, -0.25) is 9.48 Å². The van der Waals surface area contributed by atoms with Crippen LogP contribution in [0.25, 0.3) is 0 Å². The van der Waals surface area contributed by atoms with Gasteiger partial charge in [-0.15, -0.1) is 11.3 Å². The van der Waals surface area contributed by atoms with Gasteiger partial charge >= 0.3 is 5.97 Å². The molecule has 0 saturated carbocycles. The minimum atomic E-state index is -0.352. The van der Waals surface area contributed by atoms with Crippen LogP contribution in [-0.4, -0.2) is 28.3 Å². The molecule has 0 bridgehead atoms. The van der Waals surface area contributed by atoms with Crippen molar-refractivity contribution in [3.8, 4) is 0 Å². The normalized spacial score (nSPS) is 14.5. The third-order valence-corrected chi connectivity index (χ3v) is 6.83. The molecule has 1 unspecified atom stereocenters. The lowest BCUT2D eigenvalue weighted by Gasteiger charge is -2.14. The summed E-state index contributed by atoms with van der Waals surface area (Å²) in [5.74, 6) is -0.828. The molecule has 0 saturated heterocycles. The smallest absolute Gasteiger partial charge is 0.341 e. The number of carbonyl (C=O) groups excluding carboxylic acids is 2. The minimum absolute atomic E-state index is 0.146. The van der Waals surface area contributed by atoms with Crippen molar-refractivity contribution in [1.82, 2.24) is 9.78 Å². The number of hydrogen-bond acceptors (Lipinski definition) is 5. The van der Waals surface area contributed by atoms with Gasteiger partial charge in [-0.25, -0.2) is 4.79 Å². The molecule has 1 atom stereocenters. The Morgan fingerprint density at radius 1 is 1.32 bits per heavy atom. The molecule has 0 aliphatic heterocycles. The molecule has 1 aliphatic carbocycles. The largest absolute Gasteiger partial charge is 0.462 e. The van der Waals surface area contributed by atoms with Gasteiger partial charge in [0.25, 0.3) is 0 Å². The van der Waals surface area contributed by atoms with Crippen molar-refractivity contribution in [2.24, 2.45) is 5.92 Å². The third kappa shape index (κ3) is 4.10. The maximum absolute atomic E-state index is 12.8. The number of carbonyl (C=O) groups is 2. The predicted molar refractivity (Wildman–Crippen MR) is 111 cm³/mol. The molecule has 28 heavy (non-hydrogen) atoms. The lowest BCUT2D eigenvalue weighted by molar-refractivity contribution is -0.119. The molecule has 152 valence electrons. The number of rotatable bonds is 6. The summed E-state index contributed by atoms with van der Waals surface area (Å²) in [6.45, 7) is 8.10. The molecule has 1 amide bonds. The topological polar surface area (TPSA) is 73.2 Å². The van der Waals surface area contributed by atoms with Crippen LogP contribution in [0.2, 0.25) is 5.02 Å². The SMILES string of the molecule is CCOC(=O)c1c(NC(=O)C(C)Cn2nc(C)c(Cl)c2C)sc2c1CCCC2. The zero-order chi connectivity index (χ0) is 20.4. The second-order valence-electron chi connectivity index (χ2n) is 7.19. The van der Waals surface area contributed by atoms with E-state index < -0.39 is 0 Å². The van der Waals surface area contributed by atoms with Gasteiger partial charge in [0.15, 0.2) is 0 Å². The van der Waals surface area contributed by atoms with Gasteiger partial charge in [0, 0.05) is 4.88 Å². The molecule has 3 rings (SSSR count). The fourth-order valence-corrected chi connectivity index (χ4v) is 4.92. The van der Waals surface area contributed by atoms with Crippen LogP contribution in [0, 0.1) is 19.8 Å². The Morgan fingerprint density at radius 2 is 2.04 bits per heavy atom. The number of hydrogen-bond donors (Lipinski definition) is 1. The van der Waals surface area contributed by atoms with E-state index in [0.29, 0.717) is 28.7 Å². The van der Waals surface area contributed by atoms with Gasteiger partial charge in [0.05, 0.1) is 41.0 Å². The Bertz CT molecular complexity index is 903. The average Bonchev–Trinajstić information content (AvgIpc) is 3.14. The summed E-state index contributed by atoms with van der Waals surface area (Å²) in [7, 11) is 0. The molecular formula is C20H26ClN3O3S. The van der Waals surface area contributed by atoms with E-state index in [4.69, 9.17) is 16.3 Å². The van der Waals surface area contributed by atoms with Crippen LogP contribution in [0.1, 0.15) is 58.9 Å². The molecule has 1 aliphatic rings. The van der Waals surface area contributed by atoms with Crippen LogP contribution < -0.4 is 5.32 Å². The van der Waals surface area contributed by atoms with Crippen molar-refractivity contribution < 1.29 is 14.3 Å². The second-order valence-corrected chi connectivity index (χ2v) is 8.68. The van der Waals surface area contributed by atoms with E-state index in [1.807, 2.05) is 20.8 Å². The van der Waals surface area contributed by atoms with Gasteiger partial charge in [0.1, 0.15) is 5.00 Å². The first kappa shape index (κ1) is 20.9. The molecule has 2 aromatic heterocycles. The summed E-state index contributed by atoms with van der Waals surface area (Å²) < 4.78 is 7.01. The van der Waals surface area contributed by atoms with Gasteiger partial charge < -0.3 is 10.1 Å². The van der Waals surface area contributed by atoms with Crippen molar-refractivity contribution >= 4 is 39.8 Å². The third-order valence-electron chi connectivity index (χ3n) is 5.08. The van der Waals surface area contributed by atoms with Gasteiger partial charge in [0.2, 0.25) is 5.91 Å². The van der Waals surface area contributed by atoms with E-state index >= 15 is 0 Å². The molecule has 0 fully saturated rings. The van der Waals surface area contributed by atoms with E-state index in [9.17, 15) is 9.59 Å². The van der Waals surface area contributed by atoms with Crippen LogP contribution in [0.5, 0.6) is 0 Å². The number of anilines is 1. The quantitative estimate of drug-likeness (QED) is 0.692. The van der Waals surface area contributed by atoms with Crippen LogP contribution in [0.15, 0.2) is 0 Å². The minimum Gasteiger partial charge on any atom is -0.462 e. The molecule has 2 heterocycles. The predicted octanol–water partition coefficient (Wildman–Crippen LogP) is 4.55. The average molecular weight is 424 g/mol. The molecule has 2 aromatic rings. The number of nitrogens with one attached hydrogen (secondary N) is 1. The van der Waals surface area contributed by atoms with Crippen LogP contribution in [-0.2, 0) is 28.9 Å². The van der Waals surface area contributed by atoms with Crippen molar-refractivity contribution in [1.29, 1.82) is 0 Å². The van der Waals surface area contributed by atoms with Crippen LogP contribution >= 0.6 is 22.9 Å². The Morgan fingerprint density at radius 3 is 2.68 bits per heavy atom. The highest BCUT2D eigenvalue weighted by atomic mass is 35.5. The number of aromatic nitrogens is 2. The highest BCUT2D eigenvalue weighted by Crippen LogP contribution is 2.38. The highest BCUT2D eigenvalue weighted by Gasteiger charge is 2.28. The lowest BCUT2D eigenvalue weighted by atomic mass is 9.95. The summed E-state index contributed by atoms with van der Waals surface area (Å²) in [5, 5.41) is 8.60. The standard InChI is InChI=1S/C20H26ClN3O3S/c1-5-27-20(26)16-14-8-6-7-9-15(14)28-19(16)22-18(25)11(2)10-24-13(4)17(21)12(3)23-24/h11H,5-10H2,1-4H3,(H,22,25). The molecule has 0 radical (unpaired) electrons. The molecule has 0 aromatic carbocycles. The second kappa shape index (κ2) is 8.66. The summed E-state index contributed by atoms with van der Waals surface area (Å²) in [6, 6.07) is 0. The highest BCUT2D eigenvalue weighted by molar-refractivity contribution is 7.17. The lowest BCUT2D eigenvalue weighted by Crippen LogP contribution is -2.26. The van der Waals surface area contributed by atoms with E-state index in [0.717, 1.165) is 42.6 Å². The van der Waals surface area contributed by atoms with Crippen molar-refractivity contribution in [2.45, 2.75) is 59.9 Å². The fourth-order valence-electron chi connectivity index (χ4n) is 3.50. The Hall–Kier alpha value is -1.86. The number of aryl methyl sites for hydroxylation is 2. The monoisotopic (exact) mass is 423 g/mol. The summed E-state index contributed by atoms with van der Waals surface area (Å²) in [5.41, 5.74) is 3.18. The van der Waals surface area contributed by atoms with Crippen LogP contribution in [0.4, 0.5) is 5.00 Å². The van der Waals surface area contributed by atoms with E-state index in [2.05, 4.69) is 10.4 Å². The number of fused-ring (bicyclic) bond motifs is 1. The molecular weight excluding hydrogens is 398 g/mol. The Kier molecular flexibility index (Phi) is 6.45. The number of halogens is 1. The first-order valence-electron chi connectivity index (χ1n) is 9.65. The zero-order valence-electron chi connectivity index (χ0n) is 16.7. The van der Waals surface area contributed by atoms with E-state index in [1.165, 1.54) is 16.2 Å². The molecule has 0 spiro atoms. The Labute approximate surface area is 174 Å². The number of ether oxygens (including phenoxy) is 1. The van der Waals surface area contributed by atoms with Gasteiger partial charge in [-0.2, -0.15) is 5.10 Å². The van der Waals surface area contributed by atoms with E-state index in [-0.39, 0.29) is 17.8 Å². The number of amides is 1. The first-order valence-corrected chi connectivity index (χ1v) is 10.8. The molecule has 6 nitrogen and oxygen atoms in total. The van der Waals surface area contributed by atoms with Crippen molar-refractivity contribution in [3.63, 3.8) is 0 Å². The zero-order valence-corrected chi connectivity index (χ0v) is 18.3. The van der Waals surface area contributed by atoms with Crippen LogP contribution in [0.3, 0.4) is 0 Å². The number of esters is 1. The summed E-state index contributed by atoms with van der Waals surface area (Å²) in [6.07, 6.45) is 3.97. The summed E-state index contributed by atoms with van der Waals surface area (Å²) in [4.78, 5) is 26.5. The fraction of sp³-hybridized carbons (Fsp3) is 0.550. The number of thiophene rings is 1. The molecule has 1 N–H and O–H groups in total. The summed E-state index contributed by atoms with van der Waals surface area (Å²) >= 11 is 7.70. The van der Waals surface area contributed by atoms with Gasteiger partial charge in [-0.05, 0) is 52.0 Å². The van der Waals surface area contributed by atoms with Crippen molar-refractivity contribution in [3.05, 3.63) is 32.4 Å². The maximum atomic E-state index is 12.8. The maximum Gasteiger partial charge on any atom is 0.341 e. The van der Waals surface area contributed by atoms with E-state index in [1.54, 1.807) is 11.6 Å².